The molecule has 0 aliphatic heterocycles. The van der Waals surface area contributed by atoms with Crippen LogP contribution in [-0.4, -0.2) is 10.7 Å². The molecule has 2 rings (SSSR count). The van der Waals surface area contributed by atoms with Gasteiger partial charge < -0.3 is 5.11 Å². The fourth-order valence-electron chi connectivity index (χ4n) is 3.63. The first kappa shape index (κ1) is 14.1. The Labute approximate surface area is 115 Å². The summed E-state index contributed by atoms with van der Waals surface area (Å²) in [6, 6.07) is 4.29. The third-order valence-electron chi connectivity index (χ3n) is 4.55. The molecule has 1 heterocycles. The Morgan fingerprint density at radius 2 is 2.22 bits per heavy atom. The standard InChI is InChI=1S/C16H26OS/c1-12(2)15-7-6-13(3)11-16(15,17)9-8-14-5-4-10-18-14/h4-5,10,12-13,15,17H,6-9,11H2,1-3H3. The lowest BCUT2D eigenvalue weighted by Crippen LogP contribution is -2.45. The minimum Gasteiger partial charge on any atom is -0.390 e. The molecule has 1 fully saturated rings. The third-order valence-corrected chi connectivity index (χ3v) is 5.49. The molecule has 0 spiro atoms. The lowest BCUT2D eigenvalue weighted by atomic mass is 9.65. The van der Waals surface area contributed by atoms with Crippen molar-refractivity contribution in [3.05, 3.63) is 22.4 Å². The van der Waals surface area contributed by atoms with E-state index in [2.05, 4.69) is 38.3 Å². The summed E-state index contributed by atoms with van der Waals surface area (Å²) in [4.78, 5) is 1.41. The summed E-state index contributed by atoms with van der Waals surface area (Å²) in [7, 11) is 0. The summed E-state index contributed by atoms with van der Waals surface area (Å²) in [5.74, 6) is 1.74. The van der Waals surface area contributed by atoms with Crippen molar-refractivity contribution in [1.29, 1.82) is 0 Å². The van der Waals surface area contributed by atoms with E-state index in [0.717, 1.165) is 19.3 Å². The molecule has 1 aliphatic rings. The first-order valence-electron chi connectivity index (χ1n) is 7.26. The summed E-state index contributed by atoms with van der Waals surface area (Å²) in [5, 5.41) is 13.2. The minimum atomic E-state index is -0.435. The normalized spacial score (nSPS) is 32.9. The molecule has 3 unspecified atom stereocenters. The van der Waals surface area contributed by atoms with Gasteiger partial charge in [0.2, 0.25) is 0 Å². The minimum absolute atomic E-state index is 0.435. The topological polar surface area (TPSA) is 20.2 Å². The van der Waals surface area contributed by atoms with Gasteiger partial charge in [-0.05, 0) is 54.9 Å². The van der Waals surface area contributed by atoms with Crippen molar-refractivity contribution in [3.8, 4) is 0 Å². The summed E-state index contributed by atoms with van der Waals surface area (Å²) < 4.78 is 0. The number of aliphatic hydroxyl groups is 1. The van der Waals surface area contributed by atoms with Crippen LogP contribution in [0, 0.1) is 17.8 Å². The third kappa shape index (κ3) is 3.16. The van der Waals surface area contributed by atoms with Gasteiger partial charge in [0.25, 0.3) is 0 Å². The number of aryl methyl sites for hydroxylation is 1. The van der Waals surface area contributed by atoms with Crippen LogP contribution in [-0.2, 0) is 6.42 Å². The highest BCUT2D eigenvalue weighted by molar-refractivity contribution is 7.09. The zero-order valence-corrected chi connectivity index (χ0v) is 12.7. The lowest BCUT2D eigenvalue weighted by molar-refractivity contribution is -0.0854. The molecule has 102 valence electrons. The molecular formula is C16H26OS. The Bertz CT molecular complexity index is 357. The second-order valence-corrected chi connectivity index (χ2v) is 7.45. The van der Waals surface area contributed by atoms with Gasteiger partial charge in [-0.1, -0.05) is 33.3 Å². The number of thiophene rings is 1. The molecule has 0 saturated heterocycles. The van der Waals surface area contributed by atoms with Gasteiger partial charge in [0, 0.05) is 4.88 Å². The van der Waals surface area contributed by atoms with Crippen molar-refractivity contribution in [2.45, 2.75) is 58.5 Å². The quantitative estimate of drug-likeness (QED) is 0.850. The Morgan fingerprint density at radius 3 is 2.83 bits per heavy atom. The molecule has 1 saturated carbocycles. The molecule has 0 bridgehead atoms. The van der Waals surface area contributed by atoms with E-state index in [4.69, 9.17) is 0 Å². The first-order chi connectivity index (χ1) is 8.51. The van der Waals surface area contributed by atoms with Gasteiger partial charge >= 0.3 is 0 Å². The van der Waals surface area contributed by atoms with Crippen LogP contribution in [0.4, 0.5) is 0 Å². The van der Waals surface area contributed by atoms with Crippen molar-refractivity contribution < 1.29 is 5.11 Å². The second kappa shape index (κ2) is 5.75. The van der Waals surface area contributed by atoms with E-state index in [-0.39, 0.29) is 0 Å². The SMILES string of the molecule is CC1CCC(C(C)C)C(O)(CCc2cccs2)C1. The van der Waals surface area contributed by atoms with Crippen molar-refractivity contribution in [1.82, 2.24) is 0 Å². The van der Waals surface area contributed by atoms with Crippen molar-refractivity contribution in [2.24, 2.45) is 17.8 Å². The van der Waals surface area contributed by atoms with Crippen LogP contribution in [0.1, 0.15) is 51.3 Å². The number of rotatable bonds is 4. The second-order valence-electron chi connectivity index (χ2n) is 6.42. The van der Waals surface area contributed by atoms with Gasteiger partial charge in [-0.2, -0.15) is 0 Å². The molecule has 1 aromatic rings. The zero-order valence-electron chi connectivity index (χ0n) is 11.9. The molecule has 3 atom stereocenters. The largest absolute Gasteiger partial charge is 0.390 e. The van der Waals surface area contributed by atoms with E-state index in [1.54, 1.807) is 0 Å². The molecule has 18 heavy (non-hydrogen) atoms. The van der Waals surface area contributed by atoms with Crippen LogP contribution in [0.3, 0.4) is 0 Å². The van der Waals surface area contributed by atoms with Crippen molar-refractivity contribution >= 4 is 11.3 Å². The van der Waals surface area contributed by atoms with Gasteiger partial charge in [-0.25, -0.2) is 0 Å². The maximum Gasteiger partial charge on any atom is 0.0684 e. The summed E-state index contributed by atoms with van der Waals surface area (Å²) in [6.45, 7) is 6.81. The maximum absolute atomic E-state index is 11.1. The van der Waals surface area contributed by atoms with Crippen LogP contribution in [0.2, 0.25) is 0 Å². The predicted octanol–water partition coefficient (Wildman–Crippen LogP) is 4.50. The van der Waals surface area contributed by atoms with Gasteiger partial charge in [-0.15, -0.1) is 11.3 Å². The van der Waals surface area contributed by atoms with E-state index < -0.39 is 5.60 Å². The van der Waals surface area contributed by atoms with E-state index >= 15 is 0 Å². The predicted molar refractivity (Wildman–Crippen MR) is 78.9 cm³/mol. The van der Waals surface area contributed by atoms with Crippen LogP contribution in [0.25, 0.3) is 0 Å². The molecule has 1 aromatic heterocycles. The van der Waals surface area contributed by atoms with Gasteiger partial charge in [0.1, 0.15) is 0 Å². The Kier molecular flexibility index (Phi) is 4.50. The summed E-state index contributed by atoms with van der Waals surface area (Å²) in [6.07, 6.45) is 5.43. The van der Waals surface area contributed by atoms with Crippen molar-refractivity contribution in [2.75, 3.05) is 0 Å². The Morgan fingerprint density at radius 1 is 1.44 bits per heavy atom. The molecule has 0 radical (unpaired) electrons. The molecule has 1 nitrogen and oxygen atoms in total. The number of hydrogen-bond donors (Lipinski definition) is 1. The van der Waals surface area contributed by atoms with E-state index in [1.165, 1.54) is 17.7 Å². The highest BCUT2D eigenvalue weighted by atomic mass is 32.1. The van der Waals surface area contributed by atoms with Crippen LogP contribution < -0.4 is 0 Å². The smallest absolute Gasteiger partial charge is 0.0684 e. The first-order valence-corrected chi connectivity index (χ1v) is 8.14. The molecule has 1 aliphatic carbocycles. The van der Waals surface area contributed by atoms with Crippen LogP contribution in [0.15, 0.2) is 17.5 Å². The van der Waals surface area contributed by atoms with Gasteiger partial charge in [0.15, 0.2) is 0 Å². The average molecular weight is 266 g/mol. The Balaban J connectivity index is 2.04. The highest BCUT2D eigenvalue weighted by Gasteiger charge is 2.42. The monoisotopic (exact) mass is 266 g/mol. The fourth-order valence-corrected chi connectivity index (χ4v) is 4.33. The average Bonchev–Trinajstić information content (AvgIpc) is 2.78. The maximum atomic E-state index is 11.1. The van der Waals surface area contributed by atoms with Crippen LogP contribution in [0.5, 0.6) is 0 Å². The molecule has 2 heteroatoms. The number of hydrogen-bond acceptors (Lipinski definition) is 2. The van der Waals surface area contributed by atoms with E-state index in [0.29, 0.717) is 17.8 Å². The molecule has 1 N–H and O–H groups in total. The van der Waals surface area contributed by atoms with Crippen molar-refractivity contribution in [3.63, 3.8) is 0 Å². The summed E-state index contributed by atoms with van der Waals surface area (Å²) in [5.41, 5.74) is -0.435. The molecule has 0 aromatic carbocycles. The fraction of sp³-hybridized carbons (Fsp3) is 0.750. The van der Waals surface area contributed by atoms with E-state index in [9.17, 15) is 5.11 Å². The van der Waals surface area contributed by atoms with Gasteiger partial charge in [-0.3, -0.25) is 0 Å². The van der Waals surface area contributed by atoms with Gasteiger partial charge in [0.05, 0.1) is 5.60 Å². The lowest BCUT2D eigenvalue weighted by Gasteiger charge is -2.45. The molecular weight excluding hydrogens is 240 g/mol. The summed E-state index contributed by atoms with van der Waals surface area (Å²) >= 11 is 1.81. The molecule has 0 amide bonds. The van der Waals surface area contributed by atoms with Crippen LogP contribution >= 0.6 is 11.3 Å². The zero-order chi connectivity index (χ0) is 13.2. The Hall–Kier alpha value is -0.340. The highest BCUT2D eigenvalue weighted by Crippen LogP contribution is 2.43. The van der Waals surface area contributed by atoms with E-state index in [1.807, 2.05) is 11.3 Å².